The highest BCUT2D eigenvalue weighted by Crippen LogP contribution is 2.25. The maximum Gasteiger partial charge on any atom is 0.122 e. The molecule has 0 bridgehead atoms. The summed E-state index contributed by atoms with van der Waals surface area (Å²) in [7, 11) is -0.805. The molecule has 2 atom stereocenters. The van der Waals surface area contributed by atoms with E-state index in [-0.39, 0.29) is 6.04 Å². The minimum Gasteiger partial charge on any atom is -0.493 e. The molecule has 2 N–H and O–H groups in total. The zero-order valence-electron chi connectivity index (χ0n) is 10.1. The monoisotopic (exact) mass is 253 g/mol. The molecule has 3 nitrogen and oxygen atoms in total. The summed E-state index contributed by atoms with van der Waals surface area (Å²) >= 11 is 0. The van der Waals surface area contributed by atoms with Crippen LogP contribution in [0.3, 0.4) is 0 Å². The lowest BCUT2D eigenvalue weighted by atomic mass is 10.1. The Kier molecular flexibility index (Phi) is 4.18. The summed E-state index contributed by atoms with van der Waals surface area (Å²) in [6.07, 6.45) is 1.85. The first-order valence-electron chi connectivity index (χ1n) is 6.00. The fourth-order valence-electron chi connectivity index (χ4n) is 2.00. The van der Waals surface area contributed by atoms with Crippen molar-refractivity contribution in [3.8, 4) is 5.75 Å². The molecule has 0 aromatic heterocycles. The van der Waals surface area contributed by atoms with Gasteiger partial charge in [0.25, 0.3) is 0 Å². The highest BCUT2D eigenvalue weighted by molar-refractivity contribution is 7.85. The third-order valence-electron chi connectivity index (χ3n) is 2.82. The Labute approximate surface area is 105 Å². The van der Waals surface area contributed by atoms with Crippen molar-refractivity contribution in [2.75, 3.05) is 18.1 Å². The van der Waals surface area contributed by atoms with E-state index in [9.17, 15) is 4.21 Å². The standard InChI is InChI=1S/C13H19NO2S/c1-10(14)9-17(15)7-5-11-2-3-13-12(8-11)4-6-16-13/h2-3,8,10H,4-7,9,14H2,1H3. The third kappa shape index (κ3) is 3.54. The minimum absolute atomic E-state index is 0.0178. The highest BCUT2D eigenvalue weighted by atomic mass is 32.2. The number of hydrogen-bond donors (Lipinski definition) is 1. The SMILES string of the molecule is CC(N)CS(=O)CCc1ccc2c(c1)CCO2. The normalized spacial score (nSPS) is 17.3. The molecule has 1 aliphatic rings. The van der Waals surface area contributed by atoms with E-state index >= 15 is 0 Å². The molecular formula is C13H19NO2S. The van der Waals surface area contributed by atoms with E-state index in [4.69, 9.17) is 10.5 Å². The second kappa shape index (κ2) is 5.65. The van der Waals surface area contributed by atoms with Gasteiger partial charge in [0.1, 0.15) is 5.75 Å². The van der Waals surface area contributed by atoms with Crippen LogP contribution in [-0.2, 0) is 23.6 Å². The molecular weight excluding hydrogens is 234 g/mol. The summed E-state index contributed by atoms with van der Waals surface area (Å²) in [5.74, 6) is 2.29. The highest BCUT2D eigenvalue weighted by Gasteiger charge is 2.12. The molecule has 1 aromatic rings. The first-order chi connectivity index (χ1) is 8.15. The molecule has 0 amide bonds. The van der Waals surface area contributed by atoms with Crippen molar-refractivity contribution in [3.63, 3.8) is 0 Å². The molecule has 0 fully saturated rings. The van der Waals surface area contributed by atoms with Gasteiger partial charge in [-0.2, -0.15) is 0 Å². The average molecular weight is 253 g/mol. The van der Waals surface area contributed by atoms with Gasteiger partial charge in [-0.1, -0.05) is 12.1 Å². The molecule has 0 saturated heterocycles. The molecule has 94 valence electrons. The van der Waals surface area contributed by atoms with E-state index in [2.05, 4.69) is 12.1 Å². The molecule has 2 unspecified atom stereocenters. The Morgan fingerprint density at radius 3 is 3.12 bits per heavy atom. The Balaban J connectivity index is 1.89. The van der Waals surface area contributed by atoms with Gasteiger partial charge in [0, 0.05) is 34.8 Å². The van der Waals surface area contributed by atoms with Gasteiger partial charge in [-0.05, 0) is 30.5 Å². The van der Waals surface area contributed by atoms with Crippen LogP contribution in [0.5, 0.6) is 5.75 Å². The molecule has 4 heteroatoms. The zero-order chi connectivity index (χ0) is 12.3. The van der Waals surface area contributed by atoms with Crippen molar-refractivity contribution in [3.05, 3.63) is 29.3 Å². The van der Waals surface area contributed by atoms with Crippen LogP contribution in [0.2, 0.25) is 0 Å². The van der Waals surface area contributed by atoms with Crippen LogP contribution in [0.25, 0.3) is 0 Å². The number of aryl methyl sites for hydroxylation is 1. The van der Waals surface area contributed by atoms with E-state index in [1.54, 1.807) is 0 Å². The smallest absolute Gasteiger partial charge is 0.122 e. The van der Waals surface area contributed by atoms with Crippen LogP contribution >= 0.6 is 0 Å². The Morgan fingerprint density at radius 1 is 1.53 bits per heavy atom. The summed E-state index contributed by atoms with van der Waals surface area (Å²) in [6.45, 7) is 2.68. The fourth-order valence-corrected chi connectivity index (χ4v) is 3.22. The Hall–Kier alpha value is -0.870. The topological polar surface area (TPSA) is 52.3 Å². The van der Waals surface area contributed by atoms with Crippen molar-refractivity contribution >= 4 is 10.8 Å². The number of fused-ring (bicyclic) bond motifs is 1. The van der Waals surface area contributed by atoms with Crippen molar-refractivity contribution in [1.29, 1.82) is 0 Å². The second-order valence-electron chi connectivity index (χ2n) is 4.58. The van der Waals surface area contributed by atoms with Crippen LogP contribution < -0.4 is 10.5 Å². The Morgan fingerprint density at radius 2 is 2.35 bits per heavy atom. The molecule has 0 spiro atoms. The van der Waals surface area contributed by atoms with E-state index in [1.165, 1.54) is 11.1 Å². The number of ether oxygens (including phenoxy) is 1. The first-order valence-corrected chi connectivity index (χ1v) is 7.49. The van der Waals surface area contributed by atoms with Gasteiger partial charge in [-0.15, -0.1) is 0 Å². The van der Waals surface area contributed by atoms with Gasteiger partial charge in [0.05, 0.1) is 6.61 Å². The molecule has 1 heterocycles. The van der Waals surface area contributed by atoms with Crippen LogP contribution in [-0.4, -0.2) is 28.4 Å². The quantitative estimate of drug-likeness (QED) is 0.859. The van der Waals surface area contributed by atoms with Crippen LogP contribution in [0.4, 0.5) is 0 Å². The van der Waals surface area contributed by atoms with Gasteiger partial charge in [0.2, 0.25) is 0 Å². The molecule has 1 aliphatic heterocycles. The fraction of sp³-hybridized carbons (Fsp3) is 0.538. The summed E-state index contributed by atoms with van der Waals surface area (Å²) in [6, 6.07) is 6.27. The lowest BCUT2D eigenvalue weighted by Gasteiger charge is -2.06. The lowest BCUT2D eigenvalue weighted by Crippen LogP contribution is -2.24. The van der Waals surface area contributed by atoms with E-state index in [0.29, 0.717) is 11.5 Å². The summed E-state index contributed by atoms with van der Waals surface area (Å²) in [5.41, 5.74) is 8.15. The average Bonchev–Trinajstić information content (AvgIpc) is 2.72. The molecule has 2 rings (SSSR count). The molecule has 0 radical (unpaired) electrons. The first kappa shape index (κ1) is 12.6. The second-order valence-corrected chi connectivity index (χ2v) is 6.20. The van der Waals surface area contributed by atoms with E-state index in [0.717, 1.165) is 25.2 Å². The van der Waals surface area contributed by atoms with E-state index < -0.39 is 10.8 Å². The predicted octanol–water partition coefficient (Wildman–Crippen LogP) is 1.26. The van der Waals surface area contributed by atoms with Crippen molar-refractivity contribution < 1.29 is 8.95 Å². The lowest BCUT2D eigenvalue weighted by molar-refractivity contribution is 0.357. The Bertz CT molecular complexity index is 418. The van der Waals surface area contributed by atoms with Gasteiger partial charge in [-0.3, -0.25) is 4.21 Å². The molecule has 1 aromatic carbocycles. The van der Waals surface area contributed by atoms with Crippen molar-refractivity contribution in [2.24, 2.45) is 5.73 Å². The number of nitrogens with two attached hydrogens (primary N) is 1. The summed E-state index contributed by atoms with van der Waals surface area (Å²) in [5, 5.41) is 0. The largest absolute Gasteiger partial charge is 0.493 e. The maximum absolute atomic E-state index is 11.7. The van der Waals surface area contributed by atoms with Gasteiger partial charge in [0.15, 0.2) is 0 Å². The third-order valence-corrected chi connectivity index (χ3v) is 4.38. The van der Waals surface area contributed by atoms with Gasteiger partial charge >= 0.3 is 0 Å². The maximum atomic E-state index is 11.7. The molecule has 0 aliphatic carbocycles. The van der Waals surface area contributed by atoms with Gasteiger partial charge in [-0.25, -0.2) is 0 Å². The summed E-state index contributed by atoms with van der Waals surface area (Å²) < 4.78 is 17.1. The summed E-state index contributed by atoms with van der Waals surface area (Å²) in [4.78, 5) is 0. The van der Waals surface area contributed by atoms with Crippen LogP contribution in [0, 0.1) is 0 Å². The van der Waals surface area contributed by atoms with Gasteiger partial charge < -0.3 is 10.5 Å². The predicted molar refractivity (Wildman–Crippen MR) is 70.9 cm³/mol. The number of rotatable bonds is 5. The van der Waals surface area contributed by atoms with Crippen molar-refractivity contribution in [1.82, 2.24) is 0 Å². The van der Waals surface area contributed by atoms with Crippen LogP contribution in [0.1, 0.15) is 18.1 Å². The molecule has 0 saturated carbocycles. The number of hydrogen-bond acceptors (Lipinski definition) is 3. The minimum atomic E-state index is -0.805. The van der Waals surface area contributed by atoms with Crippen LogP contribution in [0.15, 0.2) is 18.2 Å². The van der Waals surface area contributed by atoms with Crippen molar-refractivity contribution in [2.45, 2.75) is 25.8 Å². The van der Waals surface area contributed by atoms with E-state index in [1.807, 2.05) is 13.0 Å². The molecule has 17 heavy (non-hydrogen) atoms. The number of benzene rings is 1. The zero-order valence-corrected chi connectivity index (χ0v) is 11.0.